The largest absolute Gasteiger partial charge is 0.494 e. The van der Waals surface area contributed by atoms with Crippen LogP contribution in [0.2, 0.25) is 0 Å². The average Bonchev–Trinajstić information content (AvgIpc) is 3.60. The lowest BCUT2D eigenvalue weighted by molar-refractivity contribution is 0.0736. The predicted molar refractivity (Wildman–Crippen MR) is 141 cm³/mol. The highest BCUT2D eigenvalue weighted by molar-refractivity contribution is 6.14. The SMILES string of the molecule is CCOc1ccc2oc(-c3ccccc3)c(C(=O)Oc3ccc4c(c3)OC(=Cc3ccc(C)o3)C4=O)c2c1. The number of allylic oxidation sites excluding steroid dienone is 1. The smallest absolute Gasteiger partial charge is 0.348 e. The Hall–Kier alpha value is -5.04. The Morgan fingerprint density at radius 3 is 2.50 bits per heavy atom. The van der Waals surface area contributed by atoms with Crippen LogP contribution in [0.5, 0.6) is 17.2 Å². The zero-order valence-corrected chi connectivity index (χ0v) is 20.6. The maximum atomic E-state index is 13.6. The van der Waals surface area contributed by atoms with Crippen molar-refractivity contribution < 1.29 is 32.6 Å². The summed E-state index contributed by atoms with van der Waals surface area (Å²) in [6, 6.07) is 22.9. The second kappa shape index (κ2) is 9.44. The maximum absolute atomic E-state index is 13.6. The van der Waals surface area contributed by atoms with E-state index >= 15 is 0 Å². The molecule has 0 amide bonds. The molecule has 7 heteroatoms. The maximum Gasteiger partial charge on any atom is 0.348 e. The molecule has 0 atom stereocenters. The lowest BCUT2D eigenvalue weighted by Gasteiger charge is -2.07. The molecule has 1 aliphatic rings. The lowest BCUT2D eigenvalue weighted by Crippen LogP contribution is -2.09. The molecule has 188 valence electrons. The van der Waals surface area contributed by atoms with Gasteiger partial charge in [-0.15, -0.1) is 0 Å². The van der Waals surface area contributed by atoms with Gasteiger partial charge in [-0.2, -0.15) is 0 Å². The van der Waals surface area contributed by atoms with Crippen LogP contribution in [0.25, 0.3) is 28.4 Å². The number of ketones is 1. The lowest BCUT2D eigenvalue weighted by atomic mass is 10.1. The molecule has 0 saturated heterocycles. The van der Waals surface area contributed by atoms with Crippen LogP contribution >= 0.6 is 0 Å². The number of aryl methyl sites for hydroxylation is 1. The van der Waals surface area contributed by atoms with Crippen LogP contribution in [0.3, 0.4) is 0 Å². The van der Waals surface area contributed by atoms with Crippen LogP contribution in [-0.4, -0.2) is 18.4 Å². The molecule has 0 radical (unpaired) electrons. The number of carbonyl (C=O) groups excluding carboxylic acids is 2. The van der Waals surface area contributed by atoms with Gasteiger partial charge in [0.05, 0.1) is 12.2 Å². The zero-order valence-electron chi connectivity index (χ0n) is 20.6. The number of rotatable bonds is 6. The van der Waals surface area contributed by atoms with Crippen molar-refractivity contribution in [1.82, 2.24) is 0 Å². The molecule has 7 nitrogen and oxygen atoms in total. The Labute approximate surface area is 217 Å². The van der Waals surface area contributed by atoms with Gasteiger partial charge in [0.15, 0.2) is 5.76 Å². The van der Waals surface area contributed by atoms with Gasteiger partial charge < -0.3 is 23.0 Å². The minimum atomic E-state index is -0.609. The van der Waals surface area contributed by atoms with E-state index in [1.54, 1.807) is 48.5 Å². The van der Waals surface area contributed by atoms with Crippen molar-refractivity contribution in [2.45, 2.75) is 13.8 Å². The van der Waals surface area contributed by atoms with Crippen LogP contribution in [0, 0.1) is 6.92 Å². The first kappa shape index (κ1) is 23.4. The number of esters is 1. The van der Waals surface area contributed by atoms with E-state index in [9.17, 15) is 9.59 Å². The minimum Gasteiger partial charge on any atom is -0.494 e. The normalized spacial score (nSPS) is 13.5. The fourth-order valence-electron chi connectivity index (χ4n) is 4.38. The van der Waals surface area contributed by atoms with Gasteiger partial charge in [0.2, 0.25) is 5.78 Å². The fraction of sp³-hybridized carbons (Fsp3) is 0.0968. The van der Waals surface area contributed by atoms with E-state index in [1.807, 2.05) is 44.2 Å². The van der Waals surface area contributed by atoms with E-state index in [4.69, 9.17) is 23.0 Å². The van der Waals surface area contributed by atoms with E-state index in [0.29, 0.717) is 46.2 Å². The van der Waals surface area contributed by atoms with Gasteiger partial charge in [0, 0.05) is 23.1 Å². The molecule has 0 aliphatic carbocycles. The van der Waals surface area contributed by atoms with Crippen LogP contribution in [0.1, 0.15) is 39.2 Å². The predicted octanol–water partition coefficient (Wildman–Crippen LogP) is 7.24. The Bertz CT molecular complexity index is 1720. The van der Waals surface area contributed by atoms with E-state index < -0.39 is 5.97 Å². The first-order valence-electron chi connectivity index (χ1n) is 12.1. The molecule has 0 saturated carbocycles. The van der Waals surface area contributed by atoms with E-state index in [2.05, 4.69) is 0 Å². The minimum absolute atomic E-state index is 0.133. The van der Waals surface area contributed by atoms with Crippen molar-refractivity contribution in [3.63, 3.8) is 0 Å². The second-order valence-electron chi connectivity index (χ2n) is 8.70. The second-order valence-corrected chi connectivity index (χ2v) is 8.70. The highest BCUT2D eigenvalue weighted by Gasteiger charge is 2.29. The van der Waals surface area contributed by atoms with Crippen molar-refractivity contribution in [1.29, 1.82) is 0 Å². The standard InChI is InChI=1S/C31H22O7/c1-3-34-20-12-14-25-24(15-20)28(30(38-25)19-7-5-4-6-8-19)31(33)36-22-11-13-23-26(16-22)37-27(29(23)32)17-21-10-9-18(2)35-21/h4-17H,3H2,1-2H3. The van der Waals surface area contributed by atoms with Crippen molar-refractivity contribution in [3.05, 3.63) is 107 Å². The molecule has 0 bridgehead atoms. The first-order chi connectivity index (χ1) is 18.5. The van der Waals surface area contributed by atoms with Gasteiger partial charge in [-0.3, -0.25) is 4.79 Å². The van der Waals surface area contributed by atoms with E-state index in [1.165, 1.54) is 6.07 Å². The van der Waals surface area contributed by atoms with Gasteiger partial charge in [0.1, 0.15) is 45.7 Å². The molecular weight excluding hydrogens is 484 g/mol. The summed E-state index contributed by atoms with van der Waals surface area (Å²) < 4.78 is 28.8. The molecule has 3 aromatic carbocycles. The number of ether oxygens (including phenoxy) is 3. The van der Waals surface area contributed by atoms with Crippen LogP contribution in [0.15, 0.2) is 93.5 Å². The number of hydrogen-bond donors (Lipinski definition) is 0. The van der Waals surface area contributed by atoms with Gasteiger partial charge in [0.25, 0.3) is 0 Å². The molecule has 0 fully saturated rings. The highest BCUT2D eigenvalue weighted by atomic mass is 16.5. The Kier molecular flexibility index (Phi) is 5.81. The van der Waals surface area contributed by atoms with Crippen LogP contribution in [0.4, 0.5) is 0 Å². The summed E-state index contributed by atoms with van der Waals surface area (Å²) in [6.07, 6.45) is 1.54. The molecule has 38 heavy (non-hydrogen) atoms. The average molecular weight is 507 g/mol. The first-order valence-corrected chi connectivity index (χ1v) is 12.1. The summed E-state index contributed by atoms with van der Waals surface area (Å²) in [7, 11) is 0. The Balaban J connectivity index is 1.34. The summed E-state index contributed by atoms with van der Waals surface area (Å²) in [5.41, 5.74) is 1.92. The number of carbonyl (C=O) groups is 2. The number of hydrogen-bond acceptors (Lipinski definition) is 7. The van der Waals surface area contributed by atoms with Crippen LogP contribution in [-0.2, 0) is 0 Å². The molecule has 1 aliphatic heterocycles. The summed E-state index contributed by atoms with van der Waals surface area (Å²) in [6.45, 7) is 4.19. The molecule has 0 spiro atoms. The Morgan fingerprint density at radius 2 is 1.74 bits per heavy atom. The molecule has 2 aromatic heterocycles. The van der Waals surface area contributed by atoms with Crippen molar-refractivity contribution in [3.8, 4) is 28.6 Å². The highest BCUT2D eigenvalue weighted by Crippen LogP contribution is 2.38. The zero-order chi connectivity index (χ0) is 26.2. The Morgan fingerprint density at radius 1 is 0.921 bits per heavy atom. The van der Waals surface area contributed by atoms with Crippen LogP contribution < -0.4 is 14.2 Å². The third-order valence-electron chi connectivity index (χ3n) is 6.10. The summed E-state index contributed by atoms with van der Waals surface area (Å²) in [5.74, 6) is 2.02. The topological polar surface area (TPSA) is 88.1 Å². The molecule has 3 heterocycles. The summed E-state index contributed by atoms with van der Waals surface area (Å²) in [5, 5.41) is 0.575. The van der Waals surface area contributed by atoms with E-state index in [-0.39, 0.29) is 22.9 Å². The summed E-state index contributed by atoms with van der Waals surface area (Å²) in [4.78, 5) is 26.4. The van der Waals surface area contributed by atoms with Gasteiger partial charge in [-0.05, 0) is 56.3 Å². The number of Topliss-reactive ketones (excluding diaryl/α,β-unsaturated/α-hetero) is 1. The molecular formula is C31H22O7. The van der Waals surface area contributed by atoms with Gasteiger partial charge in [-0.25, -0.2) is 4.79 Å². The quantitative estimate of drug-likeness (QED) is 0.136. The van der Waals surface area contributed by atoms with E-state index in [0.717, 1.165) is 11.3 Å². The number of fused-ring (bicyclic) bond motifs is 2. The summed E-state index contributed by atoms with van der Waals surface area (Å²) >= 11 is 0. The third kappa shape index (κ3) is 4.24. The fourth-order valence-corrected chi connectivity index (χ4v) is 4.38. The molecule has 0 unspecified atom stereocenters. The molecule has 5 aromatic rings. The number of benzene rings is 3. The third-order valence-corrected chi connectivity index (χ3v) is 6.10. The van der Waals surface area contributed by atoms with Crippen molar-refractivity contribution >= 4 is 28.8 Å². The molecule has 0 N–H and O–H groups in total. The molecule has 6 rings (SSSR count). The number of furan rings is 2. The monoisotopic (exact) mass is 506 g/mol. The van der Waals surface area contributed by atoms with Gasteiger partial charge in [-0.1, -0.05) is 30.3 Å². The van der Waals surface area contributed by atoms with Gasteiger partial charge >= 0.3 is 5.97 Å². The van der Waals surface area contributed by atoms with Crippen molar-refractivity contribution in [2.75, 3.05) is 6.61 Å². The van der Waals surface area contributed by atoms with Crippen molar-refractivity contribution in [2.24, 2.45) is 0 Å².